The summed E-state index contributed by atoms with van der Waals surface area (Å²) in [4.78, 5) is 9.09. The Kier molecular flexibility index (Phi) is 4.36. The highest BCUT2D eigenvalue weighted by molar-refractivity contribution is 6.33. The van der Waals surface area contributed by atoms with Crippen molar-refractivity contribution in [1.82, 2.24) is 14.5 Å². The molecule has 0 saturated heterocycles. The Bertz CT molecular complexity index is 904. The molecule has 1 aromatic carbocycles. The van der Waals surface area contributed by atoms with Gasteiger partial charge in [-0.1, -0.05) is 23.7 Å². The van der Waals surface area contributed by atoms with Crippen LogP contribution in [0.25, 0.3) is 22.2 Å². The van der Waals surface area contributed by atoms with Crippen molar-refractivity contribution in [3.8, 4) is 11.3 Å². The molecule has 4 rings (SSSR count). The van der Waals surface area contributed by atoms with Crippen LogP contribution in [0.2, 0.25) is 5.02 Å². The molecular formula is C19H22ClN5. The number of nitrogens with one attached hydrogen (secondary N) is 1. The van der Waals surface area contributed by atoms with Gasteiger partial charge in [0.15, 0.2) is 0 Å². The average molecular weight is 356 g/mol. The van der Waals surface area contributed by atoms with Crippen LogP contribution >= 0.6 is 11.6 Å². The average Bonchev–Trinajstić information content (AvgIpc) is 2.98. The zero-order valence-corrected chi connectivity index (χ0v) is 15.0. The predicted octanol–water partition coefficient (Wildman–Crippen LogP) is 3.97. The highest BCUT2D eigenvalue weighted by Crippen LogP contribution is 2.33. The molecule has 2 atom stereocenters. The van der Waals surface area contributed by atoms with Gasteiger partial charge in [0.05, 0.1) is 16.9 Å². The van der Waals surface area contributed by atoms with E-state index in [1.54, 1.807) is 6.20 Å². The lowest BCUT2D eigenvalue weighted by Crippen LogP contribution is -2.35. The highest BCUT2D eigenvalue weighted by atomic mass is 35.5. The van der Waals surface area contributed by atoms with Gasteiger partial charge in [-0.05, 0) is 37.8 Å². The van der Waals surface area contributed by atoms with E-state index >= 15 is 0 Å². The van der Waals surface area contributed by atoms with Gasteiger partial charge in [0, 0.05) is 41.8 Å². The lowest BCUT2D eigenvalue weighted by Gasteiger charge is -2.27. The van der Waals surface area contributed by atoms with E-state index < -0.39 is 0 Å². The van der Waals surface area contributed by atoms with E-state index in [1.807, 2.05) is 19.3 Å². The van der Waals surface area contributed by atoms with Crippen molar-refractivity contribution in [3.05, 3.63) is 41.7 Å². The molecular weight excluding hydrogens is 334 g/mol. The summed E-state index contributed by atoms with van der Waals surface area (Å²) < 4.78 is 2.09. The summed E-state index contributed by atoms with van der Waals surface area (Å²) in [5.41, 5.74) is 9.02. The van der Waals surface area contributed by atoms with Crippen molar-refractivity contribution < 1.29 is 0 Å². The number of benzene rings is 1. The van der Waals surface area contributed by atoms with Gasteiger partial charge >= 0.3 is 0 Å². The molecule has 5 nitrogen and oxygen atoms in total. The van der Waals surface area contributed by atoms with E-state index in [9.17, 15) is 0 Å². The van der Waals surface area contributed by atoms with E-state index in [0.717, 1.165) is 47.8 Å². The Balaban J connectivity index is 1.70. The van der Waals surface area contributed by atoms with Gasteiger partial charge < -0.3 is 15.6 Å². The molecule has 2 unspecified atom stereocenters. The van der Waals surface area contributed by atoms with Crippen LogP contribution in [0.4, 0.5) is 5.95 Å². The third kappa shape index (κ3) is 3.22. The first-order chi connectivity index (χ1) is 12.1. The third-order valence-electron chi connectivity index (χ3n) is 4.98. The van der Waals surface area contributed by atoms with E-state index in [2.05, 4.69) is 33.1 Å². The van der Waals surface area contributed by atoms with Crippen molar-refractivity contribution >= 4 is 28.5 Å². The lowest BCUT2D eigenvalue weighted by atomic mass is 9.92. The van der Waals surface area contributed by atoms with Gasteiger partial charge in [-0.3, -0.25) is 0 Å². The fourth-order valence-electron chi connectivity index (χ4n) is 3.68. The van der Waals surface area contributed by atoms with Gasteiger partial charge in [0.2, 0.25) is 5.95 Å². The Hall–Kier alpha value is -2.11. The smallest absolute Gasteiger partial charge is 0.223 e. The first kappa shape index (κ1) is 16.4. The molecule has 25 heavy (non-hydrogen) atoms. The second kappa shape index (κ2) is 6.65. The zero-order valence-electron chi connectivity index (χ0n) is 14.2. The zero-order chi connectivity index (χ0) is 17.4. The van der Waals surface area contributed by atoms with Crippen LogP contribution in [0.5, 0.6) is 0 Å². The van der Waals surface area contributed by atoms with Crippen LogP contribution in [-0.2, 0) is 7.05 Å². The Morgan fingerprint density at radius 2 is 2.16 bits per heavy atom. The minimum atomic E-state index is 0.260. The number of fused-ring (bicyclic) bond motifs is 1. The molecule has 0 bridgehead atoms. The Morgan fingerprint density at radius 1 is 1.28 bits per heavy atom. The van der Waals surface area contributed by atoms with E-state index in [1.165, 1.54) is 0 Å². The van der Waals surface area contributed by atoms with Crippen molar-refractivity contribution in [2.45, 2.75) is 37.8 Å². The molecule has 1 aliphatic rings. The lowest BCUT2D eigenvalue weighted by molar-refractivity contribution is 0.408. The van der Waals surface area contributed by atoms with E-state index in [0.29, 0.717) is 17.0 Å². The number of halogens is 1. The number of anilines is 1. The quantitative estimate of drug-likeness (QED) is 0.745. The molecule has 0 aliphatic heterocycles. The summed E-state index contributed by atoms with van der Waals surface area (Å²) in [7, 11) is 2.03. The number of hydrogen-bond acceptors (Lipinski definition) is 4. The Morgan fingerprint density at radius 3 is 3.00 bits per heavy atom. The van der Waals surface area contributed by atoms with E-state index in [-0.39, 0.29) is 6.04 Å². The molecule has 6 heteroatoms. The fraction of sp³-hybridized carbons (Fsp3) is 0.368. The van der Waals surface area contributed by atoms with Gasteiger partial charge in [-0.2, -0.15) is 0 Å². The summed E-state index contributed by atoms with van der Waals surface area (Å²) in [5.74, 6) is 0.617. The van der Waals surface area contributed by atoms with Crippen molar-refractivity contribution in [2.75, 3.05) is 5.32 Å². The number of aryl methyl sites for hydroxylation is 1. The van der Waals surface area contributed by atoms with Gasteiger partial charge in [-0.15, -0.1) is 0 Å². The number of aromatic nitrogens is 3. The minimum Gasteiger partial charge on any atom is -0.351 e. The van der Waals surface area contributed by atoms with Gasteiger partial charge in [-0.25, -0.2) is 9.97 Å². The molecule has 3 N–H and O–H groups in total. The summed E-state index contributed by atoms with van der Waals surface area (Å²) in [6.45, 7) is 0. The maximum atomic E-state index is 6.42. The molecule has 1 saturated carbocycles. The number of rotatable bonds is 3. The van der Waals surface area contributed by atoms with Gasteiger partial charge in [0.1, 0.15) is 0 Å². The third-order valence-corrected chi connectivity index (χ3v) is 5.25. The van der Waals surface area contributed by atoms with Crippen LogP contribution in [0.1, 0.15) is 25.7 Å². The summed E-state index contributed by atoms with van der Waals surface area (Å²) >= 11 is 6.42. The Labute approximate surface area is 152 Å². The molecule has 2 aromatic heterocycles. The molecule has 0 radical (unpaired) electrons. The summed E-state index contributed by atoms with van der Waals surface area (Å²) in [5, 5.41) is 5.13. The summed E-state index contributed by atoms with van der Waals surface area (Å²) in [6.07, 6.45) is 8.02. The molecule has 1 aliphatic carbocycles. The fourth-order valence-corrected chi connectivity index (χ4v) is 3.87. The maximum Gasteiger partial charge on any atom is 0.223 e. The SMILES string of the molecule is Cn1ccc2c(-c3nc(NC4CCCC(N)C4)ncc3Cl)cccc21. The second-order valence-corrected chi connectivity index (χ2v) is 7.23. The van der Waals surface area contributed by atoms with Crippen molar-refractivity contribution in [3.63, 3.8) is 0 Å². The largest absolute Gasteiger partial charge is 0.351 e. The molecule has 3 aromatic rings. The number of nitrogens with two attached hydrogens (primary N) is 1. The molecule has 0 spiro atoms. The van der Waals surface area contributed by atoms with Crippen LogP contribution < -0.4 is 11.1 Å². The highest BCUT2D eigenvalue weighted by Gasteiger charge is 2.20. The first-order valence-corrected chi connectivity index (χ1v) is 9.08. The van der Waals surface area contributed by atoms with Gasteiger partial charge in [0.25, 0.3) is 0 Å². The predicted molar refractivity (Wildman–Crippen MR) is 103 cm³/mol. The van der Waals surface area contributed by atoms with Crippen LogP contribution in [0.3, 0.4) is 0 Å². The topological polar surface area (TPSA) is 68.8 Å². The second-order valence-electron chi connectivity index (χ2n) is 6.82. The molecule has 130 valence electrons. The first-order valence-electron chi connectivity index (χ1n) is 8.71. The van der Waals surface area contributed by atoms with Crippen molar-refractivity contribution in [2.24, 2.45) is 12.8 Å². The number of hydrogen-bond donors (Lipinski definition) is 2. The number of nitrogens with zero attached hydrogens (tertiary/aromatic N) is 3. The van der Waals surface area contributed by atoms with E-state index in [4.69, 9.17) is 22.3 Å². The monoisotopic (exact) mass is 355 g/mol. The molecule has 0 amide bonds. The summed E-state index contributed by atoms with van der Waals surface area (Å²) in [6, 6.07) is 8.86. The normalized spacial score (nSPS) is 20.8. The maximum absolute atomic E-state index is 6.42. The standard InChI is InChI=1S/C19H22ClN5/c1-25-9-8-14-15(6-3-7-17(14)25)18-16(20)11-22-19(24-18)23-13-5-2-4-12(21)10-13/h3,6-9,11-13H,2,4-5,10,21H2,1H3,(H,22,23,24). The van der Waals surface area contributed by atoms with Crippen LogP contribution in [0, 0.1) is 0 Å². The van der Waals surface area contributed by atoms with Crippen LogP contribution in [-0.4, -0.2) is 26.6 Å². The van der Waals surface area contributed by atoms with Crippen molar-refractivity contribution in [1.29, 1.82) is 0 Å². The molecule has 1 fully saturated rings. The molecule has 2 heterocycles. The van der Waals surface area contributed by atoms with Crippen LogP contribution in [0.15, 0.2) is 36.7 Å². The minimum absolute atomic E-state index is 0.260.